The van der Waals surface area contributed by atoms with E-state index in [1.54, 1.807) is 0 Å². The molecule has 1 atom stereocenters. The van der Waals surface area contributed by atoms with Crippen molar-refractivity contribution in [3.05, 3.63) is 60.8 Å². The minimum Gasteiger partial charge on any atom is -0.462 e. The number of hydrogen-bond acceptors (Lipinski definition) is 6. The van der Waals surface area contributed by atoms with Gasteiger partial charge < -0.3 is 14.2 Å². The van der Waals surface area contributed by atoms with Gasteiger partial charge in [-0.1, -0.05) is 319 Å². The smallest absolute Gasteiger partial charge is 0.306 e. The first kappa shape index (κ1) is 74.1. The molecule has 0 amide bonds. The monoisotopic (exact) mass is 1080 g/mol. The maximum atomic E-state index is 12.9. The Bertz CT molecular complexity index is 1380. The Hall–Kier alpha value is -2.89. The predicted molar refractivity (Wildman–Crippen MR) is 335 cm³/mol. The van der Waals surface area contributed by atoms with Gasteiger partial charge in [0.1, 0.15) is 13.2 Å². The second-order valence-corrected chi connectivity index (χ2v) is 22.7. The first-order valence-electron chi connectivity index (χ1n) is 33.8. The molecule has 0 heterocycles. The predicted octanol–water partition coefficient (Wildman–Crippen LogP) is 23.1. The number of carbonyl (C=O) groups excluding carboxylic acids is 3. The molecule has 77 heavy (non-hydrogen) atoms. The van der Waals surface area contributed by atoms with E-state index < -0.39 is 6.10 Å². The van der Waals surface area contributed by atoms with E-state index in [1.807, 2.05) is 0 Å². The molecule has 0 saturated carbocycles. The highest BCUT2D eigenvalue weighted by molar-refractivity contribution is 5.71. The van der Waals surface area contributed by atoms with E-state index in [0.717, 1.165) is 89.9 Å². The normalized spacial score (nSPS) is 12.4. The molecule has 6 nitrogen and oxygen atoms in total. The van der Waals surface area contributed by atoms with E-state index in [9.17, 15) is 14.4 Å². The summed E-state index contributed by atoms with van der Waals surface area (Å²) in [6.07, 6.45) is 83.9. The second-order valence-electron chi connectivity index (χ2n) is 22.7. The highest BCUT2D eigenvalue weighted by Gasteiger charge is 2.19. The number of ether oxygens (including phenoxy) is 3. The van der Waals surface area contributed by atoms with E-state index in [0.29, 0.717) is 19.3 Å². The van der Waals surface area contributed by atoms with Crippen LogP contribution in [0.2, 0.25) is 0 Å². The number of unbranched alkanes of at least 4 members (excludes halogenated alkanes) is 41. The summed E-state index contributed by atoms with van der Waals surface area (Å²) in [4.78, 5) is 38.3. The van der Waals surface area contributed by atoms with Gasteiger partial charge in [-0.2, -0.15) is 0 Å². The fourth-order valence-electron chi connectivity index (χ4n) is 9.95. The van der Waals surface area contributed by atoms with Crippen molar-refractivity contribution in [2.24, 2.45) is 0 Å². The molecule has 0 N–H and O–H groups in total. The molecule has 0 aliphatic rings. The van der Waals surface area contributed by atoms with Crippen molar-refractivity contribution in [2.45, 2.75) is 361 Å². The van der Waals surface area contributed by atoms with Gasteiger partial charge in [-0.15, -0.1) is 0 Å². The molecule has 0 aliphatic heterocycles. The lowest BCUT2D eigenvalue weighted by atomic mass is 10.0. The summed E-state index contributed by atoms with van der Waals surface area (Å²) in [5.74, 6) is -0.859. The van der Waals surface area contributed by atoms with Crippen molar-refractivity contribution in [3.63, 3.8) is 0 Å². The number of hydrogen-bond donors (Lipinski definition) is 0. The second kappa shape index (κ2) is 65.6. The zero-order valence-electron chi connectivity index (χ0n) is 51.5. The Morgan fingerprint density at radius 2 is 0.519 bits per heavy atom. The van der Waals surface area contributed by atoms with Crippen molar-refractivity contribution in [1.82, 2.24) is 0 Å². The molecule has 0 spiro atoms. The third-order valence-corrected chi connectivity index (χ3v) is 15.0. The van der Waals surface area contributed by atoms with Crippen LogP contribution < -0.4 is 0 Å². The Morgan fingerprint density at radius 3 is 0.844 bits per heavy atom. The molecular weight excluding hydrogens is 949 g/mol. The topological polar surface area (TPSA) is 78.9 Å². The molecule has 0 aliphatic carbocycles. The SMILES string of the molecule is CC/C=C\C/C=C\C/C=C\C/C=C\CCCCCCCCCCCCCCCCCCC(=O)OCC(COC(=O)CCCCCCC/C=C\CCCC)OC(=O)CCCCCCCCCCCCCCCCCCCCC. The minimum atomic E-state index is -0.774. The van der Waals surface area contributed by atoms with Gasteiger partial charge in [-0.3, -0.25) is 14.4 Å². The average Bonchev–Trinajstić information content (AvgIpc) is 3.43. The third-order valence-electron chi connectivity index (χ3n) is 15.0. The Labute approximate surface area is 479 Å². The van der Waals surface area contributed by atoms with E-state index in [2.05, 4.69) is 81.5 Å². The van der Waals surface area contributed by atoms with Gasteiger partial charge in [0.05, 0.1) is 0 Å². The maximum Gasteiger partial charge on any atom is 0.306 e. The fourth-order valence-corrected chi connectivity index (χ4v) is 9.95. The molecule has 448 valence electrons. The zero-order chi connectivity index (χ0) is 55.7. The van der Waals surface area contributed by atoms with Crippen LogP contribution in [0.1, 0.15) is 355 Å². The molecule has 0 rings (SSSR count). The molecule has 6 heteroatoms. The van der Waals surface area contributed by atoms with Crippen LogP contribution in [-0.4, -0.2) is 37.2 Å². The first-order chi connectivity index (χ1) is 38.0. The fraction of sp³-hybridized carbons (Fsp3) is 0.817. The summed E-state index contributed by atoms with van der Waals surface area (Å²) in [5.41, 5.74) is 0. The lowest BCUT2D eigenvalue weighted by Crippen LogP contribution is -2.30. The molecule has 0 fully saturated rings. The molecular formula is C71H128O6. The average molecular weight is 1080 g/mol. The molecule has 0 aromatic carbocycles. The standard InChI is InChI=1S/C71H128O6/c1-4-7-10-13-16-19-22-24-26-28-30-31-32-33-34-35-36-37-38-39-41-42-44-46-49-52-55-58-61-64-70(73)76-67-68(66-75-69(72)63-60-57-54-51-48-21-18-15-12-9-6-3)77-71(74)65-62-59-56-53-50-47-45-43-40-29-27-25-23-20-17-14-11-8-5-2/h7,10,15-16,18-19,24,26,30-31,68H,4-6,8-9,11-14,17,20-23,25,27-29,32-67H2,1-3H3/b10-7-,18-15-,19-16-,26-24-,31-30-. The number of allylic oxidation sites excluding steroid dienone is 10. The summed E-state index contributed by atoms with van der Waals surface area (Å²) >= 11 is 0. The lowest BCUT2D eigenvalue weighted by molar-refractivity contribution is -0.167. The van der Waals surface area contributed by atoms with Crippen LogP contribution in [0.3, 0.4) is 0 Å². The van der Waals surface area contributed by atoms with Crippen LogP contribution in [0.4, 0.5) is 0 Å². The highest BCUT2D eigenvalue weighted by atomic mass is 16.6. The van der Waals surface area contributed by atoms with E-state index in [-0.39, 0.29) is 31.1 Å². The van der Waals surface area contributed by atoms with Gasteiger partial charge in [0, 0.05) is 19.3 Å². The first-order valence-corrected chi connectivity index (χ1v) is 33.8. The van der Waals surface area contributed by atoms with Crippen molar-refractivity contribution in [2.75, 3.05) is 13.2 Å². The number of carbonyl (C=O) groups is 3. The van der Waals surface area contributed by atoms with Crippen molar-refractivity contribution >= 4 is 17.9 Å². The highest BCUT2D eigenvalue weighted by Crippen LogP contribution is 2.18. The van der Waals surface area contributed by atoms with Gasteiger partial charge in [-0.05, 0) is 77.0 Å². The van der Waals surface area contributed by atoms with Crippen LogP contribution in [0.15, 0.2) is 60.8 Å². The maximum absolute atomic E-state index is 12.9. The summed E-state index contributed by atoms with van der Waals surface area (Å²) in [6.45, 7) is 6.54. The molecule has 0 aromatic rings. The minimum absolute atomic E-state index is 0.0717. The van der Waals surface area contributed by atoms with Crippen LogP contribution in [-0.2, 0) is 28.6 Å². The van der Waals surface area contributed by atoms with Gasteiger partial charge in [-0.25, -0.2) is 0 Å². The Balaban J connectivity index is 4.16. The number of rotatable bonds is 62. The summed E-state index contributed by atoms with van der Waals surface area (Å²) in [6, 6.07) is 0. The van der Waals surface area contributed by atoms with Crippen LogP contribution >= 0.6 is 0 Å². The summed E-state index contributed by atoms with van der Waals surface area (Å²) in [7, 11) is 0. The van der Waals surface area contributed by atoms with Gasteiger partial charge in [0.15, 0.2) is 6.10 Å². The molecule has 0 radical (unpaired) electrons. The zero-order valence-corrected chi connectivity index (χ0v) is 51.5. The van der Waals surface area contributed by atoms with Gasteiger partial charge in [0.25, 0.3) is 0 Å². The Morgan fingerprint density at radius 1 is 0.273 bits per heavy atom. The molecule has 0 bridgehead atoms. The molecule has 1 unspecified atom stereocenters. The quantitative estimate of drug-likeness (QED) is 0.0261. The van der Waals surface area contributed by atoms with Crippen molar-refractivity contribution < 1.29 is 28.6 Å². The summed E-state index contributed by atoms with van der Waals surface area (Å²) < 4.78 is 16.9. The van der Waals surface area contributed by atoms with E-state index in [1.165, 1.54) is 225 Å². The van der Waals surface area contributed by atoms with E-state index in [4.69, 9.17) is 14.2 Å². The third kappa shape index (κ3) is 63.8. The van der Waals surface area contributed by atoms with Crippen LogP contribution in [0, 0.1) is 0 Å². The summed E-state index contributed by atoms with van der Waals surface area (Å²) in [5, 5.41) is 0. The Kier molecular flexibility index (Phi) is 63.2. The van der Waals surface area contributed by atoms with Crippen LogP contribution in [0.5, 0.6) is 0 Å². The molecule has 0 aromatic heterocycles. The van der Waals surface area contributed by atoms with E-state index >= 15 is 0 Å². The van der Waals surface area contributed by atoms with Crippen LogP contribution in [0.25, 0.3) is 0 Å². The van der Waals surface area contributed by atoms with Gasteiger partial charge >= 0.3 is 17.9 Å². The largest absolute Gasteiger partial charge is 0.462 e. The molecule has 0 saturated heterocycles. The van der Waals surface area contributed by atoms with Gasteiger partial charge in [0.2, 0.25) is 0 Å². The van der Waals surface area contributed by atoms with Crippen molar-refractivity contribution in [3.8, 4) is 0 Å². The lowest BCUT2D eigenvalue weighted by Gasteiger charge is -2.18. The van der Waals surface area contributed by atoms with Crippen molar-refractivity contribution in [1.29, 1.82) is 0 Å². The number of esters is 3.